The Morgan fingerprint density at radius 3 is 1.22 bits per heavy atom. The van der Waals surface area contributed by atoms with Crippen molar-refractivity contribution in [3.8, 4) is 0 Å². The third kappa shape index (κ3) is 17.7. The molecule has 0 saturated heterocycles. The molecule has 55 valence electrons. The van der Waals surface area contributed by atoms with Crippen LogP contribution in [-0.2, 0) is 43.1 Å². The van der Waals surface area contributed by atoms with Crippen molar-refractivity contribution < 1.29 is 56.2 Å². The first-order valence-electron chi connectivity index (χ1n) is 1.11. The Labute approximate surface area is 90.9 Å². The van der Waals surface area contributed by atoms with Gasteiger partial charge >= 0.3 is 35.0 Å². The summed E-state index contributed by atoms with van der Waals surface area (Å²) in [5, 5.41) is 14.8. The first-order chi connectivity index (χ1) is 2.64. The Hall–Kier alpha value is 0.719. The maximum atomic E-state index is 9.10. The van der Waals surface area contributed by atoms with Gasteiger partial charge in [-0.2, -0.15) is 0 Å². The predicted octanol–water partition coefficient (Wildman–Crippen LogP) is -1.01. The third-order valence-corrected chi connectivity index (χ3v) is 0.183. The number of carbonyl (C=O) groups is 2. The van der Waals surface area contributed by atoms with Crippen LogP contribution in [0, 0.1) is 0 Å². The van der Waals surface area contributed by atoms with E-state index in [0.717, 1.165) is 0 Å². The number of hydrogen-bond acceptors (Lipinski definition) is 2. The van der Waals surface area contributed by atoms with Gasteiger partial charge in [-0.3, -0.25) is 0 Å². The smallest absolute Gasteiger partial charge is 1.00 e. The molecule has 0 aromatic heterocycles. The van der Waals surface area contributed by atoms with Gasteiger partial charge in [0.1, 0.15) is 0 Å². The van der Waals surface area contributed by atoms with Crippen molar-refractivity contribution in [1.29, 1.82) is 0 Å². The van der Waals surface area contributed by atoms with Crippen LogP contribution in [-0.4, -0.2) is 45.2 Å². The number of aliphatic carboxylic acids is 2. The Bertz CT molecular complexity index is 92.1. The Morgan fingerprint density at radius 2 is 1.22 bits per heavy atom. The zero-order valence-electron chi connectivity index (χ0n) is 6.11. The van der Waals surface area contributed by atoms with Gasteiger partial charge in [0, 0.05) is 33.6 Å². The molecular weight excluding hydrogens is 226 g/mol. The summed E-state index contributed by atoms with van der Waals surface area (Å²) in [5.74, 6) is -3.65. The fourth-order valence-electron chi connectivity index (χ4n) is 0. The molecule has 0 aliphatic heterocycles. The summed E-state index contributed by atoms with van der Waals surface area (Å²) in [6.07, 6.45) is 0. The third-order valence-electron chi connectivity index (χ3n) is 0.183. The number of hydrogen-bond donors (Lipinski definition) is 2. The largest absolute Gasteiger partial charge is 2.00 e. The molecule has 1 radical (unpaired) electrons. The van der Waals surface area contributed by atoms with Crippen molar-refractivity contribution in [2.45, 2.75) is 0 Å². The van der Waals surface area contributed by atoms with E-state index in [1.54, 1.807) is 0 Å². The van der Waals surface area contributed by atoms with Gasteiger partial charge in [-0.05, 0) is 0 Å². The average Bonchev–Trinajstić information content (AvgIpc) is 1.36. The zero-order valence-corrected chi connectivity index (χ0v) is 7.69. The summed E-state index contributed by atoms with van der Waals surface area (Å²) >= 11 is 0. The van der Waals surface area contributed by atoms with E-state index in [1.807, 2.05) is 0 Å². The van der Waals surface area contributed by atoms with Crippen LogP contribution < -0.4 is 0 Å². The minimum atomic E-state index is -1.82. The molecule has 0 fully saturated rings. The molecule has 0 bridgehead atoms. The van der Waals surface area contributed by atoms with E-state index in [1.165, 1.54) is 0 Å². The minimum absolute atomic E-state index is 0. The average molecular weight is 230 g/mol. The molecular formula is C2H4MgMnNiO4. The van der Waals surface area contributed by atoms with Gasteiger partial charge in [-0.25, -0.2) is 9.59 Å². The van der Waals surface area contributed by atoms with Crippen LogP contribution >= 0.6 is 0 Å². The van der Waals surface area contributed by atoms with E-state index in [-0.39, 0.29) is 59.5 Å². The predicted molar refractivity (Wildman–Crippen MR) is 23.2 cm³/mol. The second-order valence-electron chi connectivity index (χ2n) is 0.610. The molecule has 0 unspecified atom stereocenters. The molecule has 0 aromatic carbocycles. The molecule has 0 aromatic rings. The molecule has 9 heavy (non-hydrogen) atoms. The maximum Gasteiger partial charge on any atom is 2.00 e. The normalized spacial score (nSPS) is 4.89. The van der Waals surface area contributed by atoms with Crippen molar-refractivity contribution in [3.05, 3.63) is 0 Å². The fourth-order valence-corrected chi connectivity index (χ4v) is 0. The van der Waals surface area contributed by atoms with Crippen LogP contribution in [0.4, 0.5) is 0 Å². The summed E-state index contributed by atoms with van der Waals surface area (Å²) in [7, 11) is 0. The molecule has 0 aliphatic rings. The topological polar surface area (TPSA) is 74.6 Å². The van der Waals surface area contributed by atoms with Crippen LogP contribution in [0.25, 0.3) is 0 Å². The van der Waals surface area contributed by atoms with Crippen molar-refractivity contribution in [2.75, 3.05) is 0 Å². The standard InChI is InChI=1S/C2H2O4.Mg.Mn.Ni.2H/c3-1(4)2(5)6;;;;;/h(H,3,4)(H,5,6);;;;;/q;+2;;;2*-1. The molecule has 0 rings (SSSR count). The van der Waals surface area contributed by atoms with Crippen LogP contribution in [0.2, 0.25) is 0 Å². The summed E-state index contributed by atoms with van der Waals surface area (Å²) in [5.41, 5.74) is 0. The monoisotopic (exact) mass is 229 g/mol. The van der Waals surface area contributed by atoms with Gasteiger partial charge in [0.05, 0.1) is 0 Å². The van der Waals surface area contributed by atoms with Gasteiger partial charge in [-0.1, -0.05) is 0 Å². The summed E-state index contributed by atoms with van der Waals surface area (Å²) < 4.78 is 0. The van der Waals surface area contributed by atoms with E-state index >= 15 is 0 Å². The van der Waals surface area contributed by atoms with Gasteiger partial charge in [0.15, 0.2) is 0 Å². The van der Waals surface area contributed by atoms with Gasteiger partial charge in [0.2, 0.25) is 0 Å². The summed E-state index contributed by atoms with van der Waals surface area (Å²) in [4.78, 5) is 18.2. The number of carboxylic acids is 2. The summed E-state index contributed by atoms with van der Waals surface area (Å²) in [6.45, 7) is 0. The molecule has 0 atom stereocenters. The van der Waals surface area contributed by atoms with Crippen LogP contribution in [0.1, 0.15) is 2.85 Å². The second-order valence-corrected chi connectivity index (χ2v) is 0.610. The first kappa shape index (κ1) is 22.6. The first-order valence-corrected chi connectivity index (χ1v) is 1.11. The van der Waals surface area contributed by atoms with Crippen molar-refractivity contribution >= 4 is 35.0 Å². The molecule has 0 spiro atoms. The van der Waals surface area contributed by atoms with E-state index in [4.69, 9.17) is 19.8 Å². The van der Waals surface area contributed by atoms with E-state index in [9.17, 15) is 0 Å². The Kier molecular flexibility index (Phi) is 28.9. The minimum Gasteiger partial charge on any atom is -1.00 e. The molecule has 2 N–H and O–H groups in total. The van der Waals surface area contributed by atoms with E-state index < -0.39 is 11.9 Å². The molecule has 0 amide bonds. The Morgan fingerprint density at radius 1 is 1.11 bits per heavy atom. The van der Waals surface area contributed by atoms with Gasteiger partial charge in [0.25, 0.3) is 0 Å². The van der Waals surface area contributed by atoms with Crippen molar-refractivity contribution in [2.24, 2.45) is 0 Å². The van der Waals surface area contributed by atoms with Gasteiger partial charge < -0.3 is 13.1 Å². The molecule has 0 heterocycles. The maximum absolute atomic E-state index is 9.10. The summed E-state index contributed by atoms with van der Waals surface area (Å²) in [6, 6.07) is 0. The number of carboxylic acid groups (broad SMARTS) is 2. The van der Waals surface area contributed by atoms with Gasteiger partial charge in [-0.15, -0.1) is 0 Å². The quantitative estimate of drug-likeness (QED) is 0.413. The molecule has 0 saturated carbocycles. The van der Waals surface area contributed by atoms with Crippen LogP contribution in [0.15, 0.2) is 0 Å². The van der Waals surface area contributed by atoms with Crippen LogP contribution in [0.3, 0.4) is 0 Å². The van der Waals surface area contributed by atoms with Crippen molar-refractivity contribution in [3.63, 3.8) is 0 Å². The van der Waals surface area contributed by atoms with Crippen molar-refractivity contribution in [1.82, 2.24) is 0 Å². The molecule has 7 heteroatoms. The SMILES string of the molecule is O=C(O)C(=O)O.[H-].[H-].[Mg+2].[Mn].[Ni]. The second kappa shape index (κ2) is 11.5. The zero-order chi connectivity index (χ0) is 5.15. The van der Waals surface area contributed by atoms with Crippen LogP contribution in [0.5, 0.6) is 0 Å². The molecule has 4 nitrogen and oxygen atoms in total. The fraction of sp³-hybridized carbons (Fsp3) is 0. The number of rotatable bonds is 0. The van der Waals surface area contributed by atoms with E-state index in [2.05, 4.69) is 0 Å². The van der Waals surface area contributed by atoms with E-state index in [0.29, 0.717) is 0 Å². The Balaban J connectivity index is -0.0000000125. The molecule has 0 aliphatic carbocycles.